The van der Waals surface area contributed by atoms with Crippen LogP contribution in [0.25, 0.3) is 0 Å². The molecule has 2 N–H and O–H groups in total. The van der Waals surface area contributed by atoms with E-state index in [1.54, 1.807) is 13.8 Å². The van der Waals surface area contributed by atoms with Gasteiger partial charge in [-0.2, -0.15) is 18.2 Å². The third kappa shape index (κ3) is 7.15. The van der Waals surface area contributed by atoms with Crippen molar-refractivity contribution in [2.75, 3.05) is 48.3 Å². The van der Waals surface area contributed by atoms with E-state index in [0.29, 0.717) is 22.4 Å². The summed E-state index contributed by atoms with van der Waals surface area (Å²) < 4.78 is 41.6. The van der Waals surface area contributed by atoms with Crippen LogP contribution in [0.4, 0.5) is 41.1 Å². The highest BCUT2D eigenvalue weighted by molar-refractivity contribution is 6.31. The van der Waals surface area contributed by atoms with Crippen molar-refractivity contribution < 1.29 is 23.1 Å². The molecular formula is C33H34ClF3N6O2. The summed E-state index contributed by atoms with van der Waals surface area (Å²) >= 11 is 6.55. The van der Waals surface area contributed by atoms with Crippen LogP contribution in [0, 0.1) is 20.8 Å². The molecule has 0 aliphatic carbocycles. The molecule has 1 fully saturated rings. The van der Waals surface area contributed by atoms with E-state index in [0.717, 1.165) is 60.5 Å². The Labute approximate surface area is 265 Å². The molecule has 45 heavy (non-hydrogen) atoms. The standard InChI is InChI=1S/C33H34ClF3N6O2/c1-20-16-21(2)29(22(3)17-20)30(26-18-23(33(35,36)37)8-9-27(26)34)43(32(44)45)28-10-11-38-31(40-28)39-24-6-5-7-25(19-24)42-14-12-41(4)13-15-42/h5-11,16-19,30H,12-15H2,1-4H3,(H,44,45)(H,38,39,40). The van der Waals surface area contributed by atoms with Crippen molar-refractivity contribution >= 4 is 40.8 Å². The topological polar surface area (TPSA) is 84.8 Å². The summed E-state index contributed by atoms with van der Waals surface area (Å²) in [6.07, 6.45) is -4.68. The average Bonchev–Trinajstić information content (AvgIpc) is 2.96. The van der Waals surface area contributed by atoms with Crippen LogP contribution in [-0.2, 0) is 6.18 Å². The van der Waals surface area contributed by atoms with Crippen LogP contribution >= 0.6 is 11.6 Å². The summed E-state index contributed by atoms with van der Waals surface area (Å²) in [6.45, 7) is 9.16. The van der Waals surface area contributed by atoms with Crippen LogP contribution in [0.2, 0.25) is 5.02 Å². The van der Waals surface area contributed by atoms with E-state index in [-0.39, 0.29) is 22.4 Å². The van der Waals surface area contributed by atoms with Gasteiger partial charge in [0.1, 0.15) is 5.82 Å². The predicted molar refractivity (Wildman–Crippen MR) is 171 cm³/mol. The maximum Gasteiger partial charge on any atom is 0.416 e. The lowest BCUT2D eigenvalue weighted by molar-refractivity contribution is -0.137. The summed E-state index contributed by atoms with van der Waals surface area (Å²) in [6, 6.07) is 14.6. The van der Waals surface area contributed by atoms with E-state index in [1.807, 2.05) is 43.3 Å². The third-order valence-corrected chi connectivity index (χ3v) is 8.30. The Balaban J connectivity index is 1.58. The summed E-state index contributed by atoms with van der Waals surface area (Å²) in [7, 11) is 2.09. The quantitative estimate of drug-likeness (QED) is 0.213. The fourth-order valence-corrected chi connectivity index (χ4v) is 6.06. The van der Waals surface area contributed by atoms with Crippen molar-refractivity contribution in [2.24, 2.45) is 0 Å². The molecule has 1 atom stereocenters. The Kier molecular flexibility index (Phi) is 9.22. The highest BCUT2D eigenvalue weighted by atomic mass is 35.5. The minimum Gasteiger partial charge on any atom is -0.465 e. The molecule has 5 rings (SSSR count). The van der Waals surface area contributed by atoms with Gasteiger partial charge in [-0.25, -0.2) is 14.7 Å². The Hall–Kier alpha value is -4.35. The zero-order chi connectivity index (χ0) is 32.5. The number of likely N-dealkylation sites (N-methyl/N-ethyl adjacent to an activating group) is 1. The lowest BCUT2D eigenvalue weighted by Crippen LogP contribution is -2.44. The molecule has 1 saturated heterocycles. The second-order valence-corrected chi connectivity index (χ2v) is 11.7. The number of hydrogen-bond donors (Lipinski definition) is 2. The molecule has 0 radical (unpaired) electrons. The maximum absolute atomic E-state index is 13.9. The van der Waals surface area contributed by atoms with E-state index in [1.165, 1.54) is 12.3 Å². The number of amides is 1. The van der Waals surface area contributed by atoms with Crippen LogP contribution < -0.4 is 15.1 Å². The highest BCUT2D eigenvalue weighted by Crippen LogP contribution is 2.42. The Morgan fingerprint density at radius 2 is 1.69 bits per heavy atom. The van der Waals surface area contributed by atoms with Gasteiger partial charge in [-0.3, -0.25) is 0 Å². The summed E-state index contributed by atoms with van der Waals surface area (Å²) in [5.41, 5.74) is 3.61. The molecule has 3 aromatic carbocycles. The van der Waals surface area contributed by atoms with Crippen molar-refractivity contribution in [3.8, 4) is 0 Å². The van der Waals surface area contributed by atoms with Gasteiger partial charge in [-0.1, -0.05) is 35.4 Å². The molecular weight excluding hydrogens is 605 g/mol. The van der Waals surface area contributed by atoms with Crippen LogP contribution in [0.15, 0.2) is 66.9 Å². The first kappa shape index (κ1) is 32.1. The number of benzene rings is 3. The van der Waals surface area contributed by atoms with Gasteiger partial charge < -0.3 is 20.2 Å². The number of rotatable bonds is 7. The number of aromatic nitrogens is 2. The first-order valence-electron chi connectivity index (χ1n) is 14.4. The van der Waals surface area contributed by atoms with Gasteiger partial charge in [0.15, 0.2) is 0 Å². The number of aryl methyl sites for hydroxylation is 3. The molecule has 1 aliphatic heterocycles. The van der Waals surface area contributed by atoms with E-state index in [2.05, 4.69) is 32.1 Å². The summed E-state index contributed by atoms with van der Waals surface area (Å²) in [5.74, 6) is 0.0913. The van der Waals surface area contributed by atoms with Gasteiger partial charge in [0.05, 0.1) is 11.6 Å². The highest BCUT2D eigenvalue weighted by Gasteiger charge is 2.36. The molecule has 1 aliphatic rings. The lowest BCUT2D eigenvalue weighted by Gasteiger charge is -2.34. The molecule has 0 saturated carbocycles. The Morgan fingerprint density at radius 3 is 2.33 bits per heavy atom. The minimum absolute atomic E-state index is 0.00764. The first-order valence-corrected chi connectivity index (χ1v) is 14.8. The zero-order valence-corrected chi connectivity index (χ0v) is 26.1. The number of carbonyl (C=O) groups is 1. The number of carboxylic acid groups (broad SMARTS) is 1. The normalized spacial score (nSPS) is 14.7. The smallest absolute Gasteiger partial charge is 0.416 e. The van der Waals surface area contributed by atoms with E-state index in [9.17, 15) is 23.1 Å². The number of hydrogen-bond acceptors (Lipinski definition) is 6. The van der Waals surface area contributed by atoms with Gasteiger partial charge in [-0.05, 0) is 92.5 Å². The SMILES string of the molecule is Cc1cc(C)c(C(c2cc(C(F)(F)F)ccc2Cl)N(C(=O)O)c2ccnc(Nc3cccc(N4CCN(C)CC4)c3)n2)c(C)c1. The molecule has 2 heterocycles. The number of alkyl halides is 3. The second-order valence-electron chi connectivity index (χ2n) is 11.3. The third-order valence-electron chi connectivity index (χ3n) is 7.95. The molecule has 12 heteroatoms. The van der Waals surface area contributed by atoms with E-state index >= 15 is 0 Å². The number of anilines is 4. The van der Waals surface area contributed by atoms with Crippen LogP contribution in [0.5, 0.6) is 0 Å². The van der Waals surface area contributed by atoms with Crippen LogP contribution in [0.3, 0.4) is 0 Å². The monoisotopic (exact) mass is 638 g/mol. The number of nitrogens with one attached hydrogen (secondary N) is 1. The van der Waals surface area contributed by atoms with Gasteiger partial charge in [0, 0.05) is 48.8 Å². The molecule has 236 valence electrons. The first-order chi connectivity index (χ1) is 21.3. The van der Waals surface area contributed by atoms with E-state index in [4.69, 9.17) is 11.6 Å². The fourth-order valence-electron chi connectivity index (χ4n) is 5.83. The molecule has 4 aromatic rings. The number of halogens is 4. The van der Waals surface area contributed by atoms with Gasteiger partial charge in [0.25, 0.3) is 0 Å². The maximum atomic E-state index is 13.9. The van der Waals surface area contributed by atoms with Crippen LogP contribution in [0.1, 0.15) is 39.4 Å². The van der Waals surface area contributed by atoms with Crippen molar-refractivity contribution in [1.82, 2.24) is 14.9 Å². The molecule has 0 bridgehead atoms. The molecule has 0 spiro atoms. The van der Waals surface area contributed by atoms with Crippen molar-refractivity contribution in [3.05, 3.63) is 105 Å². The fraction of sp³-hybridized carbons (Fsp3) is 0.303. The van der Waals surface area contributed by atoms with Gasteiger partial charge in [0.2, 0.25) is 5.95 Å². The van der Waals surface area contributed by atoms with Gasteiger partial charge >= 0.3 is 12.3 Å². The lowest BCUT2D eigenvalue weighted by atomic mass is 9.88. The zero-order valence-electron chi connectivity index (χ0n) is 25.4. The Morgan fingerprint density at radius 1 is 1.00 bits per heavy atom. The largest absolute Gasteiger partial charge is 0.465 e. The summed E-state index contributed by atoms with van der Waals surface area (Å²) in [5, 5.41) is 13.8. The van der Waals surface area contributed by atoms with Gasteiger partial charge in [-0.15, -0.1) is 0 Å². The Bertz CT molecular complexity index is 1690. The molecule has 1 amide bonds. The summed E-state index contributed by atoms with van der Waals surface area (Å²) in [4.78, 5) is 27.4. The predicted octanol–water partition coefficient (Wildman–Crippen LogP) is 7.84. The van der Waals surface area contributed by atoms with E-state index < -0.39 is 23.9 Å². The molecule has 8 nitrogen and oxygen atoms in total. The van der Waals surface area contributed by atoms with Crippen molar-refractivity contribution in [2.45, 2.75) is 33.0 Å². The number of nitrogens with zero attached hydrogens (tertiary/aromatic N) is 5. The second kappa shape index (κ2) is 12.9. The number of piperazine rings is 1. The van der Waals surface area contributed by atoms with Crippen molar-refractivity contribution in [1.29, 1.82) is 0 Å². The van der Waals surface area contributed by atoms with Crippen molar-refractivity contribution in [3.63, 3.8) is 0 Å². The molecule has 1 unspecified atom stereocenters. The van der Waals surface area contributed by atoms with Crippen LogP contribution in [-0.4, -0.2) is 59.3 Å². The molecule has 1 aromatic heterocycles. The minimum atomic E-state index is -4.67. The average molecular weight is 639 g/mol.